The zero-order valence-corrected chi connectivity index (χ0v) is 13.1. The summed E-state index contributed by atoms with van der Waals surface area (Å²) in [5.41, 5.74) is 10.8. The van der Waals surface area contributed by atoms with Gasteiger partial charge in [0.25, 0.3) is 5.91 Å². The number of hydrogen-bond acceptors (Lipinski definition) is 5. The van der Waals surface area contributed by atoms with E-state index in [0.29, 0.717) is 19.2 Å². The maximum atomic E-state index is 13.4. The number of rotatable bonds is 3. The Labute approximate surface area is 145 Å². The van der Waals surface area contributed by atoms with Crippen molar-refractivity contribution in [3.05, 3.63) is 35.5 Å². The van der Waals surface area contributed by atoms with Gasteiger partial charge in [-0.25, -0.2) is 9.78 Å². The first-order valence-electron chi connectivity index (χ1n) is 7.34. The maximum Gasteiger partial charge on any atom is 0.417 e. The van der Waals surface area contributed by atoms with Crippen molar-refractivity contribution in [1.29, 1.82) is 0 Å². The third kappa shape index (κ3) is 3.10. The molecule has 0 bridgehead atoms. The lowest BCUT2D eigenvalue weighted by Crippen LogP contribution is -2.29. The number of carbonyl (C=O) groups is 2. The summed E-state index contributed by atoms with van der Waals surface area (Å²) in [5.74, 6) is -1.50. The SMILES string of the molecule is [NH]C(=O)c1ccc(-c2cnc(N3CCNC3=O)nc2N)c(C(F)(F)F)c1. The second-order valence-corrected chi connectivity index (χ2v) is 5.44. The summed E-state index contributed by atoms with van der Waals surface area (Å²) in [5, 5.41) is 2.55. The van der Waals surface area contributed by atoms with Crippen LogP contribution in [-0.2, 0) is 6.18 Å². The highest BCUT2D eigenvalue weighted by Gasteiger charge is 2.35. The van der Waals surface area contributed by atoms with E-state index in [-0.39, 0.29) is 22.9 Å². The fourth-order valence-electron chi connectivity index (χ4n) is 2.54. The van der Waals surface area contributed by atoms with Crippen LogP contribution in [0.2, 0.25) is 0 Å². The van der Waals surface area contributed by atoms with E-state index < -0.39 is 29.2 Å². The van der Waals surface area contributed by atoms with Crippen molar-refractivity contribution in [3.8, 4) is 11.1 Å². The smallest absolute Gasteiger partial charge is 0.383 e. The Morgan fingerprint density at radius 1 is 1.31 bits per heavy atom. The molecule has 1 aliphatic heterocycles. The number of benzene rings is 1. The van der Waals surface area contributed by atoms with Crippen molar-refractivity contribution in [2.45, 2.75) is 6.18 Å². The molecule has 1 saturated heterocycles. The monoisotopic (exact) mass is 365 g/mol. The van der Waals surface area contributed by atoms with Crippen molar-refractivity contribution < 1.29 is 22.8 Å². The molecule has 4 N–H and O–H groups in total. The van der Waals surface area contributed by atoms with Gasteiger partial charge in [0, 0.05) is 30.4 Å². The summed E-state index contributed by atoms with van der Waals surface area (Å²) in [6.45, 7) is 0.705. The van der Waals surface area contributed by atoms with Crippen LogP contribution >= 0.6 is 0 Å². The van der Waals surface area contributed by atoms with Crippen molar-refractivity contribution in [3.63, 3.8) is 0 Å². The lowest BCUT2D eigenvalue weighted by atomic mass is 9.98. The zero-order chi connectivity index (χ0) is 19.1. The average Bonchev–Trinajstić information content (AvgIpc) is 2.99. The molecule has 1 fully saturated rings. The van der Waals surface area contributed by atoms with Crippen LogP contribution in [0.15, 0.2) is 24.4 Å². The molecule has 8 nitrogen and oxygen atoms in total. The Morgan fingerprint density at radius 3 is 2.58 bits per heavy atom. The van der Waals surface area contributed by atoms with Crippen molar-refractivity contribution in [1.82, 2.24) is 21.0 Å². The predicted molar refractivity (Wildman–Crippen MR) is 85.1 cm³/mol. The number of nitrogens with zero attached hydrogens (tertiary/aromatic N) is 3. The molecule has 11 heteroatoms. The van der Waals surface area contributed by atoms with Crippen molar-refractivity contribution >= 4 is 23.7 Å². The van der Waals surface area contributed by atoms with Gasteiger partial charge >= 0.3 is 12.2 Å². The fourth-order valence-corrected chi connectivity index (χ4v) is 2.54. The topological polar surface area (TPSA) is 125 Å². The van der Waals surface area contributed by atoms with E-state index in [4.69, 9.17) is 11.5 Å². The zero-order valence-electron chi connectivity index (χ0n) is 13.1. The molecule has 0 spiro atoms. The standard InChI is InChI=1S/C15H12F3N6O2/c16-15(17,18)10-5-7(12(20)25)1-2-8(10)9-6-22-13(23-11(9)19)24-4-3-21-14(24)26/h1-2,5-6,20H,3-4H2,(H,21,26)(H2,19,22,23). The Hall–Kier alpha value is -3.37. The molecule has 3 rings (SSSR count). The minimum Gasteiger partial charge on any atom is -0.383 e. The highest BCUT2D eigenvalue weighted by molar-refractivity contribution is 5.94. The largest absolute Gasteiger partial charge is 0.417 e. The molecule has 0 unspecified atom stereocenters. The van der Waals surface area contributed by atoms with Crippen LogP contribution in [0.4, 0.5) is 29.7 Å². The van der Waals surface area contributed by atoms with Gasteiger partial charge in [-0.2, -0.15) is 18.2 Å². The molecule has 135 valence electrons. The van der Waals surface area contributed by atoms with Gasteiger partial charge in [0.05, 0.1) is 5.56 Å². The lowest BCUT2D eigenvalue weighted by molar-refractivity contribution is -0.137. The minimum atomic E-state index is -4.78. The summed E-state index contributed by atoms with van der Waals surface area (Å²) in [4.78, 5) is 31.8. The van der Waals surface area contributed by atoms with E-state index in [1.54, 1.807) is 0 Å². The molecule has 1 aromatic carbocycles. The van der Waals surface area contributed by atoms with Crippen LogP contribution in [-0.4, -0.2) is 35.0 Å². The molecule has 0 aliphatic carbocycles. The molecule has 0 atom stereocenters. The summed E-state index contributed by atoms with van der Waals surface area (Å²) in [6, 6.07) is 2.31. The van der Waals surface area contributed by atoms with Crippen LogP contribution < -0.4 is 21.7 Å². The highest BCUT2D eigenvalue weighted by atomic mass is 19.4. The third-order valence-electron chi connectivity index (χ3n) is 3.78. The Morgan fingerprint density at radius 2 is 2.04 bits per heavy atom. The number of halogens is 3. The molecule has 2 heterocycles. The number of amides is 3. The number of hydrogen-bond donors (Lipinski definition) is 2. The Kier molecular flexibility index (Phi) is 4.14. The molecule has 26 heavy (non-hydrogen) atoms. The van der Waals surface area contributed by atoms with Crippen LogP contribution in [0.3, 0.4) is 0 Å². The van der Waals surface area contributed by atoms with Crippen molar-refractivity contribution in [2.75, 3.05) is 23.7 Å². The van der Waals surface area contributed by atoms with E-state index in [0.717, 1.165) is 18.3 Å². The molecule has 1 aliphatic rings. The number of anilines is 2. The lowest BCUT2D eigenvalue weighted by Gasteiger charge is -2.17. The molecule has 0 saturated carbocycles. The summed E-state index contributed by atoms with van der Waals surface area (Å²) in [7, 11) is 0. The Bertz CT molecular complexity index is 899. The quantitative estimate of drug-likeness (QED) is 0.856. The number of urea groups is 1. The first-order valence-corrected chi connectivity index (χ1v) is 7.34. The fraction of sp³-hybridized carbons (Fsp3) is 0.200. The number of alkyl halides is 3. The number of carbonyl (C=O) groups excluding carboxylic acids is 2. The van der Waals surface area contributed by atoms with E-state index >= 15 is 0 Å². The van der Waals surface area contributed by atoms with Crippen LogP contribution in [0.1, 0.15) is 15.9 Å². The molecule has 1 radical (unpaired) electrons. The molecule has 3 amide bonds. The first-order chi connectivity index (χ1) is 12.2. The number of nitrogen functional groups attached to an aromatic ring is 1. The normalized spacial score (nSPS) is 14.4. The van der Waals surface area contributed by atoms with E-state index in [1.165, 1.54) is 4.90 Å². The summed E-state index contributed by atoms with van der Waals surface area (Å²) in [6.07, 6.45) is -3.68. The summed E-state index contributed by atoms with van der Waals surface area (Å²) < 4.78 is 40.1. The van der Waals surface area contributed by atoms with Gasteiger partial charge in [-0.3, -0.25) is 15.4 Å². The van der Waals surface area contributed by atoms with Gasteiger partial charge in [0.1, 0.15) is 5.82 Å². The molecule has 2 aromatic rings. The summed E-state index contributed by atoms with van der Waals surface area (Å²) >= 11 is 0. The highest BCUT2D eigenvalue weighted by Crippen LogP contribution is 2.39. The van der Waals surface area contributed by atoms with Gasteiger partial charge in [-0.05, 0) is 17.7 Å². The first kappa shape index (κ1) is 17.5. The second-order valence-electron chi connectivity index (χ2n) is 5.44. The van der Waals surface area contributed by atoms with Gasteiger partial charge < -0.3 is 11.1 Å². The third-order valence-corrected chi connectivity index (χ3v) is 3.78. The van der Waals surface area contributed by atoms with Crippen LogP contribution in [0, 0.1) is 0 Å². The van der Waals surface area contributed by atoms with E-state index in [1.807, 2.05) is 0 Å². The van der Waals surface area contributed by atoms with Gasteiger partial charge in [-0.15, -0.1) is 0 Å². The van der Waals surface area contributed by atoms with Crippen LogP contribution in [0.5, 0.6) is 0 Å². The number of nitrogens with two attached hydrogens (primary N) is 1. The van der Waals surface area contributed by atoms with Gasteiger partial charge in [0.15, 0.2) is 0 Å². The van der Waals surface area contributed by atoms with E-state index in [9.17, 15) is 22.8 Å². The minimum absolute atomic E-state index is 0.0206. The maximum absolute atomic E-state index is 13.4. The van der Waals surface area contributed by atoms with Crippen LogP contribution in [0.25, 0.3) is 11.1 Å². The Balaban J connectivity index is 2.09. The second kappa shape index (κ2) is 6.17. The molecular formula is C15H12F3N6O2. The number of aromatic nitrogens is 2. The molecular weight excluding hydrogens is 353 g/mol. The number of nitrogens with one attached hydrogen (secondary N) is 2. The predicted octanol–water partition coefficient (Wildman–Crippen LogP) is 1.70. The van der Waals surface area contributed by atoms with Crippen molar-refractivity contribution in [2.24, 2.45) is 0 Å². The van der Waals surface area contributed by atoms with Gasteiger partial charge in [0.2, 0.25) is 5.95 Å². The molecule has 1 aromatic heterocycles. The average molecular weight is 365 g/mol. The van der Waals surface area contributed by atoms with E-state index in [2.05, 4.69) is 15.3 Å². The van der Waals surface area contributed by atoms with Gasteiger partial charge in [-0.1, -0.05) is 6.07 Å².